The van der Waals surface area contributed by atoms with E-state index < -0.39 is 16.4 Å². The van der Waals surface area contributed by atoms with Crippen molar-refractivity contribution in [1.82, 2.24) is 9.88 Å². The number of rotatable bonds is 4. The number of hydrogen-bond acceptors (Lipinski definition) is 7. The summed E-state index contributed by atoms with van der Waals surface area (Å²) in [6, 6.07) is 13.9. The molecule has 36 heavy (non-hydrogen) atoms. The number of non-ortho nitro benzene ring substituents is 1. The zero-order chi connectivity index (χ0) is 25.2. The molecule has 3 aliphatic rings. The average molecular weight is 501 g/mol. The van der Waals surface area contributed by atoms with Crippen LogP contribution in [-0.4, -0.2) is 44.2 Å². The Morgan fingerprint density at radius 3 is 2.69 bits per heavy atom. The molecule has 2 fully saturated rings. The number of aryl methyl sites for hydroxylation is 2. The van der Waals surface area contributed by atoms with Gasteiger partial charge in [-0.15, -0.1) is 11.8 Å². The van der Waals surface area contributed by atoms with Crippen LogP contribution in [0.1, 0.15) is 38.5 Å². The number of fused-ring (bicyclic) bond motifs is 4. The molecule has 1 N–H and O–H groups in total. The Morgan fingerprint density at radius 1 is 1.22 bits per heavy atom. The number of nitro groups is 1. The lowest BCUT2D eigenvalue weighted by Crippen LogP contribution is -2.52. The highest BCUT2D eigenvalue weighted by Crippen LogP contribution is 2.61. The van der Waals surface area contributed by atoms with Gasteiger partial charge in [0.15, 0.2) is 5.78 Å². The van der Waals surface area contributed by atoms with E-state index in [4.69, 9.17) is 0 Å². The molecule has 3 aliphatic heterocycles. The standard InChI is InChI=1S/C27H24N4O4S/c1-15-10-16(2)24-20(11-15)27(26(33)29-24)23(25(32)18-4-3-9-28-12-18)22(21-13-36-14-30(21)27)17-5-7-19(8-6-17)31(34)35/h3-12,21-23H,13-14H2,1-2H3,(H,29,33)/t21?,22?,23?,27-/m1/s1. The Hall–Kier alpha value is -3.56. The van der Waals surface area contributed by atoms with Gasteiger partial charge in [0.1, 0.15) is 5.54 Å². The summed E-state index contributed by atoms with van der Waals surface area (Å²) < 4.78 is 0. The molecule has 0 saturated carbocycles. The van der Waals surface area contributed by atoms with Gasteiger partial charge in [-0.25, -0.2) is 0 Å². The van der Waals surface area contributed by atoms with Crippen molar-refractivity contribution in [2.75, 3.05) is 16.9 Å². The third-order valence-corrected chi connectivity index (χ3v) is 8.83. The summed E-state index contributed by atoms with van der Waals surface area (Å²) in [5, 5.41) is 14.4. The minimum absolute atomic E-state index is 0.00514. The normalized spacial score (nSPS) is 26.6. The summed E-state index contributed by atoms with van der Waals surface area (Å²) in [6.07, 6.45) is 3.17. The lowest BCUT2D eigenvalue weighted by molar-refractivity contribution is -0.384. The molecule has 3 unspecified atom stereocenters. The highest BCUT2D eigenvalue weighted by atomic mass is 32.2. The topological polar surface area (TPSA) is 105 Å². The molecule has 1 spiro atoms. The summed E-state index contributed by atoms with van der Waals surface area (Å²) in [7, 11) is 0. The molecule has 8 nitrogen and oxygen atoms in total. The van der Waals surface area contributed by atoms with Gasteiger partial charge in [-0.3, -0.25) is 29.6 Å². The van der Waals surface area contributed by atoms with Gasteiger partial charge in [0.05, 0.1) is 10.8 Å². The fraction of sp³-hybridized carbons (Fsp3) is 0.296. The number of carbonyl (C=O) groups excluding carboxylic acids is 2. The molecule has 2 saturated heterocycles. The predicted octanol–water partition coefficient (Wildman–Crippen LogP) is 4.43. The molecule has 1 amide bonds. The van der Waals surface area contributed by atoms with E-state index >= 15 is 0 Å². The molecule has 9 heteroatoms. The molecule has 2 aromatic carbocycles. The van der Waals surface area contributed by atoms with Crippen LogP contribution in [-0.2, 0) is 10.3 Å². The number of carbonyl (C=O) groups is 2. The summed E-state index contributed by atoms with van der Waals surface area (Å²) >= 11 is 1.74. The quantitative estimate of drug-likeness (QED) is 0.321. The van der Waals surface area contributed by atoms with Gasteiger partial charge in [-0.05, 0) is 37.1 Å². The van der Waals surface area contributed by atoms with Crippen molar-refractivity contribution < 1.29 is 14.5 Å². The Labute approximate surface area is 212 Å². The van der Waals surface area contributed by atoms with Crippen LogP contribution < -0.4 is 5.32 Å². The maximum Gasteiger partial charge on any atom is 0.269 e. The van der Waals surface area contributed by atoms with E-state index in [2.05, 4.69) is 15.2 Å². The van der Waals surface area contributed by atoms with Crippen molar-refractivity contribution in [2.24, 2.45) is 5.92 Å². The van der Waals surface area contributed by atoms with Gasteiger partial charge in [0.25, 0.3) is 5.69 Å². The van der Waals surface area contributed by atoms with Crippen LogP contribution in [0.25, 0.3) is 0 Å². The second-order valence-corrected chi connectivity index (χ2v) is 10.7. The third kappa shape index (κ3) is 3.09. The van der Waals surface area contributed by atoms with E-state index in [-0.39, 0.29) is 29.3 Å². The number of nitrogens with zero attached hydrogens (tertiary/aromatic N) is 3. The second-order valence-electron chi connectivity index (χ2n) is 9.72. The van der Waals surface area contributed by atoms with Crippen molar-refractivity contribution in [2.45, 2.75) is 31.3 Å². The van der Waals surface area contributed by atoms with Crippen LogP contribution in [0.5, 0.6) is 0 Å². The molecule has 0 aliphatic carbocycles. The number of hydrogen-bond donors (Lipinski definition) is 1. The molecule has 182 valence electrons. The molecular formula is C27H24N4O4S. The first-order chi connectivity index (χ1) is 17.3. The molecule has 4 atom stereocenters. The van der Waals surface area contributed by atoms with Crippen LogP contribution in [0.15, 0.2) is 60.9 Å². The highest BCUT2D eigenvalue weighted by Gasteiger charge is 2.69. The van der Waals surface area contributed by atoms with Crippen molar-refractivity contribution >= 4 is 34.8 Å². The van der Waals surface area contributed by atoms with E-state index in [0.717, 1.165) is 33.7 Å². The third-order valence-electron chi connectivity index (χ3n) is 7.79. The lowest BCUT2D eigenvalue weighted by atomic mass is 9.69. The first-order valence-electron chi connectivity index (χ1n) is 11.8. The number of amides is 1. The number of thioether (sulfide) groups is 1. The second kappa shape index (κ2) is 8.25. The fourth-order valence-corrected chi connectivity index (χ4v) is 7.74. The predicted molar refractivity (Wildman–Crippen MR) is 137 cm³/mol. The lowest BCUT2D eigenvalue weighted by Gasteiger charge is -2.36. The van der Waals surface area contributed by atoms with E-state index in [0.29, 0.717) is 11.4 Å². The minimum Gasteiger partial charge on any atom is -0.324 e. The number of nitrogens with one attached hydrogen (secondary N) is 1. The van der Waals surface area contributed by atoms with Crippen molar-refractivity contribution in [3.63, 3.8) is 0 Å². The van der Waals surface area contributed by atoms with E-state index in [9.17, 15) is 19.7 Å². The van der Waals surface area contributed by atoms with E-state index in [1.54, 1.807) is 48.4 Å². The van der Waals surface area contributed by atoms with E-state index in [1.165, 1.54) is 12.1 Å². The van der Waals surface area contributed by atoms with Crippen LogP contribution in [0.2, 0.25) is 0 Å². The Bertz CT molecular complexity index is 1410. The number of nitro benzene ring substituents is 1. The van der Waals surface area contributed by atoms with Gasteiger partial charge < -0.3 is 5.32 Å². The smallest absolute Gasteiger partial charge is 0.269 e. The molecule has 0 bridgehead atoms. The van der Waals surface area contributed by atoms with E-state index in [1.807, 2.05) is 26.0 Å². The van der Waals surface area contributed by atoms with Gasteiger partial charge in [0.2, 0.25) is 5.91 Å². The first-order valence-corrected chi connectivity index (χ1v) is 13.0. The number of anilines is 1. The van der Waals surface area contributed by atoms with Gasteiger partial charge in [0, 0.05) is 64.9 Å². The molecule has 6 rings (SSSR count). The maximum absolute atomic E-state index is 14.4. The Morgan fingerprint density at radius 2 is 2.00 bits per heavy atom. The number of benzene rings is 2. The fourth-order valence-electron chi connectivity index (χ4n) is 6.41. The van der Waals surface area contributed by atoms with Crippen molar-refractivity contribution in [3.05, 3.63) is 98.9 Å². The first kappa shape index (κ1) is 22.9. The average Bonchev–Trinajstić information content (AvgIpc) is 3.53. The number of aromatic nitrogens is 1. The zero-order valence-electron chi connectivity index (χ0n) is 19.8. The van der Waals surface area contributed by atoms with Crippen LogP contribution in [0, 0.1) is 29.9 Å². The van der Waals surface area contributed by atoms with Gasteiger partial charge in [-0.2, -0.15) is 0 Å². The van der Waals surface area contributed by atoms with Crippen LogP contribution in [0.3, 0.4) is 0 Å². The number of ketones is 1. The van der Waals surface area contributed by atoms with Crippen molar-refractivity contribution in [1.29, 1.82) is 0 Å². The monoisotopic (exact) mass is 500 g/mol. The minimum atomic E-state index is -1.18. The Kier molecular flexibility index (Phi) is 5.24. The summed E-state index contributed by atoms with van der Waals surface area (Å²) in [5.41, 5.74) is 3.69. The molecule has 0 radical (unpaired) electrons. The van der Waals surface area contributed by atoms with Crippen molar-refractivity contribution in [3.8, 4) is 0 Å². The maximum atomic E-state index is 14.4. The zero-order valence-corrected chi connectivity index (χ0v) is 20.6. The largest absolute Gasteiger partial charge is 0.324 e. The molecule has 4 heterocycles. The van der Waals surface area contributed by atoms with Crippen LogP contribution >= 0.6 is 11.8 Å². The molecular weight excluding hydrogens is 476 g/mol. The van der Waals surface area contributed by atoms with Gasteiger partial charge in [-0.1, -0.05) is 29.8 Å². The number of pyridine rings is 1. The van der Waals surface area contributed by atoms with Gasteiger partial charge >= 0.3 is 0 Å². The summed E-state index contributed by atoms with van der Waals surface area (Å²) in [5.74, 6) is -0.0146. The number of Topliss-reactive ketones (excluding diaryl/α,β-unsaturated/α-hetero) is 1. The van der Waals surface area contributed by atoms with Crippen LogP contribution in [0.4, 0.5) is 11.4 Å². The Balaban J connectivity index is 1.62. The SMILES string of the molecule is Cc1cc(C)c2c(c1)[C@]1(C(=O)N2)C(C(=O)c2cccnc2)C(c2ccc([N+](=O)[O-])cc2)C2CSCN21. The highest BCUT2D eigenvalue weighted by molar-refractivity contribution is 7.99. The summed E-state index contributed by atoms with van der Waals surface area (Å²) in [4.78, 5) is 45.7. The molecule has 1 aromatic heterocycles. The summed E-state index contributed by atoms with van der Waals surface area (Å²) in [6.45, 7) is 3.97. The molecule has 3 aromatic rings.